The fraction of sp³-hybridized carbons (Fsp3) is 0.263. The summed E-state index contributed by atoms with van der Waals surface area (Å²) in [5.74, 6) is 2.51. The molecule has 0 aliphatic carbocycles. The summed E-state index contributed by atoms with van der Waals surface area (Å²) in [6.45, 7) is 0.872. The highest BCUT2D eigenvalue weighted by molar-refractivity contribution is 8.39. The van der Waals surface area contributed by atoms with E-state index in [9.17, 15) is 4.79 Å². The number of anilines is 1. The molecule has 2 heterocycles. The zero-order chi connectivity index (χ0) is 17.1. The van der Waals surface area contributed by atoms with Crippen LogP contribution < -0.4 is 4.90 Å². The number of fused-ring (bicyclic) bond motifs is 1. The topological polar surface area (TPSA) is 32.7 Å². The van der Waals surface area contributed by atoms with Gasteiger partial charge in [-0.15, -0.1) is 11.8 Å². The van der Waals surface area contributed by atoms with E-state index < -0.39 is 0 Å². The van der Waals surface area contributed by atoms with Crippen LogP contribution >= 0.6 is 35.3 Å². The molecule has 2 aliphatic rings. The molecular formula is C19H18N2OS3. The summed E-state index contributed by atoms with van der Waals surface area (Å²) in [7, 11) is 0. The van der Waals surface area contributed by atoms with Crippen molar-refractivity contribution in [2.24, 2.45) is 4.99 Å². The summed E-state index contributed by atoms with van der Waals surface area (Å²) in [4.78, 5) is 20.8. The summed E-state index contributed by atoms with van der Waals surface area (Å²) in [6, 6.07) is 18.6. The van der Waals surface area contributed by atoms with E-state index in [-0.39, 0.29) is 11.9 Å². The largest absolute Gasteiger partial charge is 0.302 e. The van der Waals surface area contributed by atoms with E-state index in [1.807, 2.05) is 47.0 Å². The maximum absolute atomic E-state index is 13.1. The summed E-state index contributed by atoms with van der Waals surface area (Å²) >= 11 is 5.15. The minimum Gasteiger partial charge on any atom is -0.302 e. The molecule has 0 aromatic heterocycles. The maximum Gasteiger partial charge on any atom is 0.238 e. The van der Waals surface area contributed by atoms with Crippen molar-refractivity contribution in [3.05, 3.63) is 60.2 Å². The van der Waals surface area contributed by atoms with Gasteiger partial charge in [0.1, 0.15) is 4.38 Å². The number of hydrogen-bond acceptors (Lipinski definition) is 5. The van der Waals surface area contributed by atoms with Gasteiger partial charge in [-0.1, -0.05) is 66.0 Å². The molecule has 1 amide bonds. The van der Waals surface area contributed by atoms with Gasteiger partial charge < -0.3 is 4.90 Å². The second-order valence-corrected chi connectivity index (χ2v) is 9.12. The standard InChI is InChI=1S/C19H18N2OS3/c22-18(13-25-19-20-10-11-23-19)21-15-8-4-5-9-17(15)24-12-16(21)14-6-2-1-3-7-14/h1-9,16H,10-13H2/t16-/m0/s1. The average Bonchev–Trinajstić information content (AvgIpc) is 3.19. The molecule has 0 bridgehead atoms. The Morgan fingerprint density at radius 2 is 1.92 bits per heavy atom. The fourth-order valence-corrected chi connectivity index (χ4v) is 6.05. The molecule has 25 heavy (non-hydrogen) atoms. The van der Waals surface area contributed by atoms with Crippen LogP contribution in [-0.2, 0) is 4.79 Å². The Morgan fingerprint density at radius 3 is 2.72 bits per heavy atom. The van der Waals surface area contributed by atoms with E-state index in [0.717, 1.165) is 28.1 Å². The number of para-hydroxylation sites is 1. The lowest BCUT2D eigenvalue weighted by atomic mass is 10.1. The first-order valence-corrected chi connectivity index (χ1v) is 11.2. The van der Waals surface area contributed by atoms with E-state index in [1.165, 1.54) is 10.5 Å². The first-order valence-electron chi connectivity index (χ1n) is 8.22. The Bertz CT molecular complexity index is 794. The fourth-order valence-electron chi connectivity index (χ4n) is 3.01. The number of hydrogen-bond donors (Lipinski definition) is 0. The molecule has 0 saturated carbocycles. The molecule has 3 nitrogen and oxygen atoms in total. The third-order valence-corrected chi connectivity index (χ3v) is 7.54. The van der Waals surface area contributed by atoms with Crippen LogP contribution in [0.1, 0.15) is 11.6 Å². The maximum atomic E-state index is 13.1. The van der Waals surface area contributed by atoms with Gasteiger partial charge in [0.15, 0.2) is 0 Å². The molecule has 0 unspecified atom stereocenters. The monoisotopic (exact) mass is 386 g/mol. The lowest BCUT2D eigenvalue weighted by molar-refractivity contribution is -0.116. The van der Waals surface area contributed by atoms with Crippen molar-refractivity contribution in [3.8, 4) is 0 Å². The van der Waals surface area contributed by atoms with Crippen LogP contribution in [0.15, 0.2) is 64.5 Å². The summed E-state index contributed by atoms with van der Waals surface area (Å²) in [5.41, 5.74) is 2.22. The zero-order valence-corrected chi connectivity index (χ0v) is 16.1. The van der Waals surface area contributed by atoms with E-state index in [1.54, 1.807) is 23.5 Å². The SMILES string of the molecule is O=C(CSC1=NCCS1)N1c2ccccc2SC[C@H]1c1ccccc1. The number of carbonyl (C=O) groups excluding carboxylic acids is 1. The van der Waals surface area contributed by atoms with Crippen LogP contribution in [0.25, 0.3) is 0 Å². The van der Waals surface area contributed by atoms with Crippen molar-refractivity contribution >= 4 is 51.3 Å². The summed E-state index contributed by atoms with van der Waals surface area (Å²) < 4.78 is 1.05. The third-order valence-electron chi connectivity index (χ3n) is 4.16. The third kappa shape index (κ3) is 3.76. The van der Waals surface area contributed by atoms with Gasteiger partial charge in [-0.2, -0.15) is 0 Å². The molecular weight excluding hydrogens is 368 g/mol. The molecule has 6 heteroatoms. The first-order chi connectivity index (χ1) is 12.3. The molecule has 2 aliphatic heterocycles. The van der Waals surface area contributed by atoms with Gasteiger partial charge in [0.25, 0.3) is 0 Å². The van der Waals surface area contributed by atoms with Crippen molar-refractivity contribution in [2.45, 2.75) is 10.9 Å². The van der Waals surface area contributed by atoms with Crippen molar-refractivity contribution in [3.63, 3.8) is 0 Å². The molecule has 0 fully saturated rings. The van der Waals surface area contributed by atoms with Gasteiger partial charge in [0.05, 0.1) is 24.0 Å². The zero-order valence-electron chi connectivity index (χ0n) is 13.6. The van der Waals surface area contributed by atoms with Gasteiger partial charge in [0.2, 0.25) is 5.91 Å². The van der Waals surface area contributed by atoms with Crippen LogP contribution in [-0.4, -0.2) is 34.1 Å². The Hall–Kier alpha value is -1.37. The van der Waals surface area contributed by atoms with Crippen molar-refractivity contribution in [1.29, 1.82) is 0 Å². The second-order valence-electron chi connectivity index (χ2n) is 5.75. The van der Waals surface area contributed by atoms with Crippen molar-refractivity contribution in [1.82, 2.24) is 0 Å². The Morgan fingerprint density at radius 1 is 1.12 bits per heavy atom. The van der Waals surface area contributed by atoms with Crippen LogP contribution in [0.2, 0.25) is 0 Å². The smallest absolute Gasteiger partial charge is 0.238 e. The number of amides is 1. The van der Waals surface area contributed by atoms with Crippen LogP contribution in [0.4, 0.5) is 5.69 Å². The number of aliphatic imine (C=N–C) groups is 1. The van der Waals surface area contributed by atoms with Gasteiger partial charge in [-0.25, -0.2) is 0 Å². The van der Waals surface area contributed by atoms with Crippen molar-refractivity contribution in [2.75, 3.05) is 28.7 Å². The molecule has 0 N–H and O–H groups in total. The number of carbonyl (C=O) groups is 1. The number of benzene rings is 2. The molecule has 1 atom stereocenters. The van der Waals surface area contributed by atoms with Crippen LogP contribution in [0, 0.1) is 0 Å². The molecule has 0 spiro atoms. The second kappa shape index (κ2) is 7.89. The molecule has 4 rings (SSSR count). The lowest BCUT2D eigenvalue weighted by Gasteiger charge is -2.37. The predicted molar refractivity (Wildman–Crippen MR) is 111 cm³/mol. The lowest BCUT2D eigenvalue weighted by Crippen LogP contribution is -2.39. The average molecular weight is 387 g/mol. The van der Waals surface area contributed by atoms with E-state index >= 15 is 0 Å². The normalized spacial score (nSPS) is 19.4. The van der Waals surface area contributed by atoms with E-state index in [4.69, 9.17) is 0 Å². The summed E-state index contributed by atoms with van der Waals surface area (Å²) in [6.07, 6.45) is 0. The molecule has 0 saturated heterocycles. The quantitative estimate of drug-likeness (QED) is 0.765. The highest BCUT2D eigenvalue weighted by atomic mass is 32.2. The molecule has 2 aromatic rings. The number of rotatable bonds is 3. The predicted octanol–water partition coefficient (Wildman–Crippen LogP) is 4.70. The minimum absolute atomic E-state index is 0.0763. The van der Waals surface area contributed by atoms with Gasteiger partial charge in [0, 0.05) is 16.4 Å². The highest BCUT2D eigenvalue weighted by Crippen LogP contribution is 2.43. The Labute approximate surface area is 160 Å². The van der Waals surface area contributed by atoms with Crippen molar-refractivity contribution < 1.29 is 4.79 Å². The van der Waals surface area contributed by atoms with Crippen LogP contribution in [0.5, 0.6) is 0 Å². The van der Waals surface area contributed by atoms with Gasteiger partial charge in [-0.3, -0.25) is 9.79 Å². The highest BCUT2D eigenvalue weighted by Gasteiger charge is 2.32. The molecule has 0 radical (unpaired) electrons. The number of nitrogens with zero attached hydrogens (tertiary/aromatic N) is 2. The van der Waals surface area contributed by atoms with Gasteiger partial charge >= 0.3 is 0 Å². The minimum atomic E-state index is 0.0763. The summed E-state index contributed by atoms with van der Waals surface area (Å²) in [5, 5.41) is 0. The van der Waals surface area contributed by atoms with E-state index in [0.29, 0.717) is 5.75 Å². The van der Waals surface area contributed by atoms with Crippen LogP contribution in [0.3, 0.4) is 0 Å². The Kier molecular flexibility index (Phi) is 5.39. The Balaban J connectivity index is 1.62. The molecule has 128 valence electrons. The van der Waals surface area contributed by atoms with E-state index in [2.05, 4.69) is 29.3 Å². The molecule has 2 aromatic carbocycles. The number of thioether (sulfide) groups is 3. The first kappa shape index (κ1) is 17.1. The van der Waals surface area contributed by atoms with Gasteiger partial charge in [-0.05, 0) is 17.7 Å².